The molecule has 2 fully saturated rings. The Balaban J connectivity index is 1.72. The highest BCUT2D eigenvalue weighted by atomic mass is 32.2. The van der Waals surface area contributed by atoms with Crippen molar-refractivity contribution in [2.75, 3.05) is 25.4 Å². The first-order chi connectivity index (χ1) is 8.99. The second-order valence-corrected chi connectivity index (χ2v) is 7.86. The van der Waals surface area contributed by atoms with E-state index in [1.54, 1.807) is 4.31 Å². The van der Waals surface area contributed by atoms with Gasteiger partial charge in [-0.2, -0.15) is 4.31 Å². The summed E-state index contributed by atoms with van der Waals surface area (Å²) < 4.78 is 31.7. The van der Waals surface area contributed by atoms with Gasteiger partial charge >= 0.3 is 0 Å². The summed E-state index contributed by atoms with van der Waals surface area (Å²) in [4.78, 5) is 0. The third kappa shape index (κ3) is 4.70. The topological polar surface area (TPSA) is 58.6 Å². The minimum atomic E-state index is -3.12. The number of hydrogen-bond acceptors (Lipinski definition) is 4. The van der Waals surface area contributed by atoms with Crippen LogP contribution in [0.5, 0.6) is 0 Å². The molecule has 0 aromatic carbocycles. The van der Waals surface area contributed by atoms with Crippen molar-refractivity contribution in [3.05, 3.63) is 0 Å². The fourth-order valence-corrected chi connectivity index (χ4v) is 4.23. The monoisotopic (exact) mass is 290 g/mol. The van der Waals surface area contributed by atoms with Crippen molar-refractivity contribution in [2.45, 2.75) is 57.7 Å². The molecule has 5 nitrogen and oxygen atoms in total. The summed E-state index contributed by atoms with van der Waals surface area (Å²) in [6, 6.07) is 0.669. The largest absolute Gasteiger partial charge is 0.375 e. The van der Waals surface area contributed by atoms with Gasteiger partial charge in [-0.25, -0.2) is 8.42 Å². The molecule has 2 atom stereocenters. The van der Waals surface area contributed by atoms with Gasteiger partial charge < -0.3 is 10.1 Å². The van der Waals surface area contributed by atoms with Crippen LogP contribution in [-0.2, 0) is 14.8 Å². The van der Waals surface area contributed by atoms with E-state index < -0.39 is 10.0 Å². The number of rotatable bonds is 7. The molecule has 1 saturated carbocycles. The van der Waals surface area contributed by atoms with Crippen molar-refractivity contribution in [3.63, 3.8) is 0 Å². The molecule has 1 aliphatic heterocycles. The quantitative estimate of drug-likeness (QED) is 0.710. The van der Waals surface area contributed by atoms with Crippen molar-refractivity contribution >= 4 is 10.0 Å². The Morgan fingerprint density at radius 1 is 1.26 bits per heavy atom. The van der Waals surface area contributed by atoms with E-state index in [1.165, 1.54) is 12.8 Å². The molecule has 2 rings (SSSR count). The number of morpholine rings is 1. The molecule has 0 aromatic rings. The van der Waals surface area contributed by atoms with Crippen LogP contribution >= 0.6 is 0 Å². The fraction of sp³-hybridized carbons (Fsp3) is 1.00. The standard InChI is InChI=1S/C13H26N2O3S/c1-11-10-18-12(2)9-15(11)19(16,17)8-4-3-7-14-13-5-6-13/h11-14H,3-10H2,1-2H3. The molecule has 112 valence electrons. The van der Waals surface area contributed by atoms with Crippen LogP contribution in [0.3, 0.4) is 0 Å². The number of sulfonamides is 1. The minimum absolute atomic E-state index is 0.00232. The summed E-state index contributed by atoms with van der Waals surface area (Å²) in [5.74, 6) is 0.260. The lowest BCUT2D eigenvalue weighted by molar-refractivity contribution is -0.0170. The van der Waals surface area contributed by atoms with Crippen LogP contribution < -0.4 is 5.32 Å². The lowest BCUT2D eigenvalue weighted by atomic mass is 10.2. The first kappa shape index (κ1) is 15.2. The second-order valence-electron chi connectivity index (χ2n) is 5.81. The molecule has 2 aliphatic rings. The molecule has 0 aromatic heterocycles. The third-order valence-corrected chi connectivity index (χ3v) is 5.78. The van der Waals surface area contributed by atoms with Crippen LogP contribution in [0.25, 0.3) is 0 Å². The molecule has 6 heteroatoms. The highest BCUT2D eigenvalue weighted by molar-refractivity contribution is 7.89. The molecule has 2 unspecified atom stereocenters. The molecule has 0 amide bonds. The number of nitrogens with one attached hydrogen (secondary N) is 1. The number of unbranched alkanes of at least 4 members (excludes halogenated alkanes) is 1. The summed E-state index contributed by atoms with van der Waals surface area (Å²) in [5, 5.41) is 3.41. The molecule has 1 aliphatic carbocycles. The molecule has 0 spiro atoms. The molecule has 1 saturated heterocycles. The van der Waals surface area contributed by atoms with Crippen molar-refractivity contribution < 1.29 is 13.2 Å². The minimum Gasteiger partial charge on any atom is -0.375 e. The summed E-state index contributed by atoms with van der Waals surface area (Å²) in [6.07, 6.45) is 4.23. The first-order valence-corrected chi connectivity index (χ1v) is 8.94. The molecule has 1 N–H and O–H groups in total. The van der Waals surface area contributed by atoms with E-state index in [0.29, 0.717) is 19.2 Å². The van der Waals surface area contributed by atoms with Crippen molar-refractivity contribution in [3.8, 4) is 0 Å². The third-order valence-electron chi connectivity index (χ3n) is 3.75. The maximum atomic E-state index is 12.3. The van der Waals surface area contributed by atoms with E-state index in [1.807, 2.05) is 13.8 Å². The molecule has 1 heterocycles. The molecule has 0 bridgehead atoms. The molecular formula is C13H26N2O3S. The van der Waals surface area contributed by atoms with Crippen LogP contribution in [0.15, 0.2) is 0 Å². The lowest BCUT2D eigenvalue weighted by Crippen LogP contribution is -2.50. The predicted molar refractivity (Wildman–Crippen MR) is 75.6 cm³/mol. The molecule has 19 heavy (non-hydrogen) atoms. The first-order valence-electron chi connectivity index (χ1n) is 7.33. The number of hydrogen-bond donors (Lipinski definition) is 1. The zero-order valence-electron chi connectivity index (χ0n) is 12.0. The van der Waals surface area contributed by atoms with Crippen molar-refractivity contribution in [1.82, 2.24) is 9.62 Å². The maximum Gasteiger partial charge on any atom is 0.214 e. The molecule has 0 radical (unpaired) electrons. The lowest BCUT2D eigenvalue weighted by Gasteiger charge is -2.35. The highest BCUT2D eigenvalue weighted by Crippen LogP contribution is 2.19. The van der Waals surface area contributed by atoms with Gasteiger partial charge in [-0.15, -0.1) is 0 Å². The van der Waals surface area contributed by atoms with E-state index >= 15 is 0 Å². The zero-order chi connectivity index (χ0) is 13.9. The number of nitrogens with zero attached hydrogens (tertiary/aromatic N) is 1. The van der Waals surface area contributed by atoms with Crippen LogP contribution in [0.2, 0.25) is 0 Å². The van der Waals surface area contributed by atoms with Gasteiger partial charge in [-0.3, -0.25) is 0 Å². The SMILES string of the molecule is CC1CN(S(=O)(=O)CCCCNC2CC2)C(C)CO1. The second kappa shape index (κ2) is 6.52. The van der Waals surface area contributed by atoms with Gasteiger partial charge in [0.1, 0.15) is 0 Å². The van der Waals surface area contributed by atoms with Gasteiger partial charge in [0.25, 0.3) is 0 Å². The maximum absolute atomic E-state index is 12.3. The Morgan fingerprint density at radius 3 is 2.68 bits per heavy atom. The summed E-state index contributed by atoms with van der Waals surface area (Å²) >= 11 is 0. The van der Waals surface area contributed by atoms with E-state index in [0.717, 1.165) is 19.4 Å². The molecular weight excluding hydrogens is 264 g/mol. The van der Waals surface area contributed by atoms with E-state index in [4.69, 9.17) is 4.74 Å². The normalized spacial score (nSPS) is 29.6. The van der Waals surface area contributed by atoms with Crippen LogP contribution in [0.1, 0.15) is 39.5 Å². The predicted octanol–water partition coefficient (Wildman–Crippen LogP) is 0.958. The van der Waals surface area contributed by atoms with Gasteiger partial charge in [0.05, 0.1) is 18.5 Å². The smallest absolute Gasteiger partial charge is 0.214 e. The van der Waals surface area contributed by atoms with E-state index in [-0.39, 0.29) is 17.9 Å². The van der Waals surface area contributed by atoms with Crippen LogP contribution in [0, 0.1) is 0 Å². The van der Waals surface area contributed by atoms with E-state index in [2.05, 4.69) is 5.32 Å². The Bertz CT molecular complexity index is 381. The van der Waals surface area contributed by atoms with Crippen molar-refractivity contribution in [2.24, 2.45) is 0 Å². The fourth-order valence-electron chi connectivity index (χ4n) is 2.38. The average molecular weight is 290 g/mol. The van der Waals surface area contributed by atoms with Crippen molar-refractivity contribution in [1.29, 1.82) is 0 Å². The van der Waals surface area contributed by atoms with Gasteiger partial charge in [-0.1, -0.05) is 0 Å². The van der Waals surface area contributed by atoms with Crippen LogP contribution in [-0.4, -0.2) is 56.4 Å². The average Bonchev–Trinajstić information content (AvgIpc) is 3.15. The highest BCUT2D eigenvalue weighted by Gasteiger charge is 2.32. The Hall–Kier alpha value is -0.170. The summed E-state index contributed by atoms with van der Waals surface area (Å²) in [5.41, 5.74) is 0. The Morgan fingerprint density at radius 2 is 2.00 bits per heavy atom. The Kier molecular flexibility index (Phi) is 5.22. The summed E-state index contributed by atoms with van der Waals surface area (Å²) in [7, 11) is -3.12. The van der Waals surface area contributed by atoms with Gasteiger partial charge in [0, 0.05) is 18.6 Å². The number of ether oxygens (including phenoxy) is 1. The summed E-state index contributed by atoms with van der Waals surface area (Å²) in [6.45, 7) is 5.77. The van der Waals surface area contributed by atoms with Gasteiger partial charge in [0.15, 0.2) is 0 Å². The van der Waals surface area contributed by atoms with Crippen LogP contribution in [0.4, 0.5) is 0 Å². The van der Waals surface area contributed by atoms with Gasteiger partial charge in [0.2, 0.25) is 10.0 Å². The Labute approximate surface area is 116 Å². The van der Waals surface area contributed by atoms with E-state index in [9.17, 15) is 8.42 Å². The zero-order valence-corrected chi connectivity index (χ0v) is 12.8. The van der Waals surface area contributed by atoms with Gasteiger partial charge in [-0.05, 0) is 46.1 Å².